The van der Waals surface area contributed by atoms with Crippen molar-refractivity contribution in [1.29, 1.82) is 0 Å². The predicted molar refractivity (Wildman–Crippen MR) is 96.2 cm³/mol. The number of amides is 1. The van der Waals surface area contributed by atoms with Crippen molar-refractivity contribution in [2.45, 2.75) is 43.7 Å². The average molecular weight is 347 g/mol. The van der Waals surface area contributed by atoms with Crippen LogP contribution in [0.2, 0.25) is 0 Å². The van der Waals surface area contributed by atoms with Crippen LogP contribution in [-0.2, 0) is 4.79 Å². The van der Waals surface area contributed by atoms with Crippen LogP contribution >= 0.6 is 11.8 Å². The minimum atomic E-state index is -0.174. The van der Waals surface area contributed by atoms with Gasteiger partial charge in [-0.3, -0.25) is 4.79 Å². The van der Waals surface area contributed by atoms with Gasteiger partial charge in [-0.2, -0.15) is 0 Å². The number of carbonyl (C=O) groups excluding carboxylic acids is 1. The second-order valence-electron chi connectivity index (χ2n) is 7.51. The highest BCUT2D eigenvalue weighted by Gasteiger charge is 2.49. The zero-order valence-electron chi connectivity index (χ0n) is 14.4. The van der Waals surface area contributed by atoms with E-state index in [0.29, 0.717) is 5.91 Å². The van der Waals surface area contributed by atoms with Gasteiger partial charge in [0.1, 0.15) is 5.82 Å². The molecular weight excluding hydrogens is 320 g/mol. The molecule has 0 aromatic carbocycles. The third kappa shape index (κ3) is 2.89. The zero-order valence-corrected chi connectivity index (χ0v) is 15.2. The molecule has 1 spiro atoms. The van der Waals surface area contributed by atoms with Gasteiger partial charge < -0.3 is 9.80 Å². The molecule has 130 valence electrons. The summed E-state index contributed by atoms with van der Waals surface area (Å²) < 4.78 is 0. The van der Waals surface area contributed by atoms with E-state index in [1.807, 2.05) is 18.5 Å². The van der Waals surface area contributed by atoms with Crippen LogP contribution in [-0.4, -0.2) is 53.2 Å². The first-order valence-electron chi connectivity index (χ1n) is 9.12. The highest BCUT2D eigenvalue weighted by Crippen LogP contribution is 2.42. The first-order chi connectivity index (χ1) is 11.7. The summed E-state index contributed by atoms with van der Waals surface area (Å²) in [5.74, 6) is 2.13. The monoisotopic (exact) mass is 346 g/mol. The molecule has 2 aliphatic heterocycles. The normalized spacial score (nSPS) is 27.8. The molecule has 24 heavy (non-hydrogen) atoms. The van der Waals surface area contributed by atoms with Gasteiger partial charge in [0.15, 0.2) is 5.16 Å². The standard InChI is InChI=1S/C18H26N4OS/c1-24-17-19-9-6-15(20-17)22-11-8-18(13-22)7-3-10-21(16(18)23)12-14-4-2-5-14/h6,9,14H,2-5,7-8,10-13H2,1H3/t18-/m1/s1. The summed E-state index contributed by atoms with van der Waals surface area (Å²) >= 11 is 1.56. The first-order valence-corrected chi connectivity index (χ1v) is 10.3. The van der Waals surface area contributed by atoms with Gasteiger partial charge in [0.05, 0.1) is 5.41 Å². The summed E-state index contributed by atoms with van der Waals surface area (Å²) in [6.07, 6.45) is 10.9. The number of likely N-dealkylation sites (tertiary alicyclic amines) is 1. The molecule has 2 saturated heterocycles. The lowest BCUT2D eigenvalue weighted by Gasteiger charge is -2.42. The van der Waals surface area contributed by atoms with Crippen LogP contribution in [0.5, 0.6) is 0 Å². The number of piperidine rings is 1. The molecule has 0 unspecified atom stereocenters. The van der Waals surface area contributed by atoms with Crippen LogP contribution in [0.25, 0.3) is 0 Å². The Hall–Kier alpha value is -1.30. The van der Waals surface area contributed by atoms with Crippen molar-refractivity contribution in [2.75, 3.05) is 37.3 Å². The Labute approximate surface area is 148 Å². The topological polar surface area (TPSA) is 49.3 Å². The van der Waals surface area contributed by atoms with Crippen LogP contribution in [0.15, 0.2) is 17.4 Å². The molecule has 4 rings (SSSR count). The molecule has 1 aliphatic carbocycles. The minimum Gasteiger partial charge on any atom is -0.355 e. The van der Waals surface area contributed by atoms with E-state index in [1.54, 1.807) is 11.8 Å². The summed E-state index contributed by atoms with van der Waals surface area (Å²) in [5, 5.41) is 0.801. The van der Waals surface area contributed by atoms with Crippen molar-refractivity contribution in [3.05, 3.63) is 12.3 Å². The smallest absolute Gasteiger partial charge is 0.230 e. The van der Waals surface area contributed by atoms with Crippen LogP contribution in [0.1, 0.15) is 38.5 Å². The Morgan fingerprint density at radius 2 is 2.17 bits per heavy atom. The van der Waals surface area contributed by atoms with Gasteiger partial charge in [0.25, 0.3) is 0 Å². The molecule has 1 aromatic rings. The summed E-state index contributed by atoms with van der Waals surface area (Å²) in [5.41, 5.74) is -0.174. The highest BCUT2D eigenvalue weighted by molar-refractivity contribution is 7.98. The van der Waals surface area contributed by atoms with Crippen LogP contribution < -0.4 is 4.90 Å². The number of hydrogen-bond donors (Lipinski definition) is 0. The van der Waals surface area contributed by atoms with Gasteiger partial charge in [-0.05, 0) is 50.3 Å². The number of anilines is 1. The lowest BCUT2D eigenvalue weighted by atomic mass is 9.77. The van der Waals surface area contributed by atoms with Gasteiger partial charge in [0.2, 0.25) is 5.91 Å². The molecule has 1 aromatic heterocycles. The molecular formula is C18H26N4OS. The van der Waals surface area contributed by atoms with E-state index in [-0.39, 0.29) is 5.41 Å². The Morgan fingerprint density at radius 3 is 2.92 bits per heavy atom. The van der Waals surface area contributed by atoms with Crippen molar-refractivity contribution < 1.29 is 4.79 Å². The van der Waals surface area contributed by atoms with E-state index < -0.39 is 0 Å². The number of rotatable bonds is 4. The molecule has 5 nitrogen and oxygen atoms in total. The molecule has 0 radical (unpaired) electrons. The van der Waals surface area contributed by atoms with Gasteiger partial charge in [-0.1, -0.05) is 18.2 Å². The quantitative estimate of drug-likeness (QED) is 0.620. The lowest BCUT2D eigenvalue weighted by molar-refractivity contribution is -0.146. The fraction of sp³-hybridized carbons (Fsp3) is 0.722. The van der Waals surface area contributed by atoms with Crippen LogP contribution in [0, 0.1) is 11.3 Å². The van der Waals surface area contributed by atoms with Crippen LogP contribution in [0.3, 0.4) is 0 Å². The number of aromatic nitrogens is 2. The first kappa shape index (κ1) is 16.2. The Morgan fingerprint density at radius 1 is 1.29 bits per heavy atom. The highest BCUT2D eigenvalue weighted by atomic mass is 32.2. The van der Waals surface area contributed by atoms with E-state index in [2.05, 4.69) is 19.8 Å². The molecule has 0 N–H and O–H groups in total. The van der Waals surface area contributed by atoms with E-state index >= 15 is 0 Å². The number of hydrogen-bond acceptors (Lipinski definition) is 5. The molecule has 6 heteroatoms. The minimum absolute atomic E-state index is 0.174. The second kappa shape index (κ2) is 6.54. The summed E-state index contributed by atoms with van der Waals surface area (Å²) in [4.78, 5) is 26.5. The molecule has 3 fully saturated rings. The number of nitrogens with zero attached hydrogens (tertiary/aromatic N) is 4. The maximum atomic E-state index is 13.2. The van der Waals surface area contributed by atoms with E-state index in [9.17, 15) is 4.79 Å². The lowest BCUT2D eigenvalue weighted by Crippen LogP contribution is -2.51. The molecule has 1 amide bonds. The summed E-state index contributed by atoms with van der Waals surface area (Å²) in [6.45, 7) is 3.69. The maximum absolute atomic E-state index is 13.2. The number of carbonyl (C=O) groups is 1. The van der Waals surface area contributed by atoms with Crippen molar-refractivity contribution in [3.63, 3.8) is 0 Å². The molecule has 1 atom stereocenters. The van der Waals surface area contributed by atoms with Crippen molar-refractivity contribution in [1.82, 2.24) is 14.9 Å². The molecule has 3 aliphatic rings. The molecule has 0 bridgehead atoms. The van der Waals surface area contributed by atoms with Crippen molar-refractivity contribution in [3.8, 4) is 0 Å². The fourth-order valence-corrected chi connectivity index (χ4v) is 4.72. The summed E-state index contributed by atoms with van der Waals surface area (Å²) in [7, 11) is 0. The number of thioether (sulfide) groups is 1. The fourth-order valence-electron chi connectivity index (χ4n) is 4.37. The van der Waals surface area contributed by atoms with Crippen molar-refractivity contribution >= 4 is 23.5 Å². The predicted octanol–water partition coefficient (Wildman–Crippen LogP) is 2.82. The Kier molecular flexibility index (Phi) is 4.41. The third-order valence-corrected chi connectivity index (χ3v) is 6.57. The Balaban J connectivity index is 1.48. The van der Waals surface area contributed by atoms with E-state index in [1.165, 1.54) is 19.3 Å². The maximum Gasteiger partial charge on any atom is 0.230 e. The van der Waals surface area contributed by atoms with Crippen molar-refractivity contribution in [2.24, 2.45) is 11.3 Å². The van der Waals surface area contributed by atoms with Gasteiger partial charge >= 0.3 is 0 Å². The molecule has 1 saturated carbocycles. The van der Waals surface area contributed by atoms with Gasteiger partial charge in [-0.15, -0.1) is 0 Å². The van der Waals surface area contributed by atoms with E-state index in [4.69, 9.17) is 0 Å². The van der Waals surface area contributed by atoms with Crippen LogP contribution in [0.4, 0.5) is 5.82 Å². The SMILES string of the molecule is CSc1nccc(N2CC[C@]3(CCCN(CC4CCC4)C3=O)C2)n1. The largest absolute Gasteiger partial charge is 0.355 e. The third-order valence-electron chi connectivity index (χ3n) is 6.01. The average Bonchev–Trinajstić information content (AvgIpc) is 3.00. The van der Waals surface area contributed by atoms with Gasteiger partial charge in [0, 0.05) is 32.4 Å². The summed E-state index contributed by atoms with van der Waals surface area (Å²) in [6, 6.07) is 1.97. The van der Waals surface area contributed by atoms with E-state index in [0.717, 1.165) is 62.3 Å². The molecule has 3 heterocycles. The Bertz CT molecular complexity index is 621. The second-order valence-corrected chi connectivity index (χ2v) is 8.28. The van der Waals surface area contributed by atoms with Gasteiger partial charge in [-0.25, -0.2) is 9.97 Å². The zero-order chi connectivity index (χ0) is 16.6.